The Morgan fingerprint density at radius 1 is 0.263 bits per heavy atom. The Bertz CT molecular complexity index is 5980. The van der Waals surface area contributed by atoms with Crippen molar-refractivity contribution in [2.24, 2.45) is 0 Å². The van der Waals surface area contributed by atoms with E-state index >= 15 is 0 Å². The third kappa shape index (κ3) is 9.06. The summed E-state index contributed by atoms with van der Waals surface area (Å²) in [6, 6.07) is 90.2. The van der Waals surface area contributed by atoms with Gasteiger partial charge in [0.25, 0.3) is 0 Å². The number of rotatable bonds is 7. The zero-order valence-corrected chi connectivity index (χ0v) is 56.2. The zero-order chi connectivity index (χ0) is 65.2. The van der Waals surface area contributed by atoms with Gasteiger partial charge >= 0.3 is 0 Å². The average Bonchev–Trinajstić information content (AvgIpc) is 1.59. The van der Waals surface area contributed by atoms with E-state index in [0.717, 1.165) is 144 Å². The van der Waals surface area contributed by atoms with Crippen molar-refractivity contribution >= 4 is 98.3 Å². The molecule has 6 heterocycles. The van der Waals surface area contributed by atoms with E-state index < -0.39 is 0 Å². The number of fused-ring (bicyclic) bond motifs is 13. The first kappa shape index (κ1) is 58.1. The van der Waals surface area contributed by atoms with Gasteiger partial charge in [0.15, 0.2) is 5.58 Å². The average molecular weight is 1230 g/mol. The molecule has 0 saturated carbocycles. The van der Waals surface area contributed by atoms with Gasteiger partial charge in [0, 0.05) is 48.7 Å². The molecule has 0 unspecified atom stereocenters. The number of hydrogen-bond acceptors (Lipinski definition) is 3. The highest BCUT2D eigenvalue weighted by Crippen LogP contribution is 2.55. The molecular weight excluding hydrogens is 1160 g/mol. The van der Waals surface area contributed by atoms with Gasteiger partial charge in [0.2, 0.25) is 5.89 Å². The summed E-state index contributed by atoms with van der Waals surface area (Å²) in [7, 11) is 0. The summed E-state index contributed by atoms with van der Waals surface area (Å²) in [4.78, 5) is 11.9. The molecule has 464 valence electrons. The summed E-state index contributed by atoms with van der Waals surface area (Å²) >= 11 is 0. The van der Waals surface area contributed by atoms with Crippen LogP contribution in [0.3, 0.4) is 0 Å². The minimum atomic E-state index is -0.142. The summed E-state index contributed by atoms with van der Waals surface area (Å²) in [5, 5.41) is 9.20. The molecule has 0 spiro atoms. The second-order valence-electron chi connectivity index (χ2n) is 30.2. The lowest BCUT2D eigenvalue weighted by Crippen LogP contribution is -2.17. The largest absolute Gasteiger partial charge is 0.436 e. The predicted molar refractivity (Wildman–Crippen MR) is 400 cm³/mol. The molecule has 7 nitrogen and oxygen atoms in total. The number of hydrogen-bond donors (Lipinski definition) is 0. The van der Waals surface area contributed by atoms with Crippen LogP contribution >= 0.6 is 0 Å². The highest BCUT2D eigenvalue weighted by atomic mass is 16.3. The molecule has 0 aliphatic carbocycles. The van der Waals surface area contributed by atoms with Crippen molar-refractivity contribution in [1.29, 1.82) is 0 Å². The van der Waals surface area contributed by atoms with Crippen LogP contribution in [0.5, 0.6) is 0 Å². The molecule has 11 aromatic carbocycles. The molecule has 0 N–H and O–H groups in total. The normalized spacial score (nSPS) is 12.8. The van der Waals surface area contributed by atoms with Crippen LogP contribution in [0.2, 0.25) is 0 Å². The van der Waals surface area contributed by atoms with Gasteiger partial charge in [-0.25, -0.2) is 9.97 Å². The highest BCUT2D eigenvalue weighted by Gasteiger charge is 2.38. The lowest BCUT2D eigenvalue weighted by Gasteiger charge is -2.30. The first-order chi connectivity index (χ1) is 45.7. The second-order valence-corrected chi connectivity index (χ2v) is 30.2. The van der Waals surface area contributed by atoms with Crippen molar-refractivity contribution in [3.05, 3.63) is 265 Å². The van der Waals surface area contributed by atoms with Gasteiger partial charge in [-0.3, -0.25) is 0 Å². The molecule has 17 rings (SSSR count). The van der Waals surface area contributed by atoms with Crippen molar-refractivity contribution in [3.63, 3.8) is 0 Å². The molecule has 0 aliphatic heterocycles. The topological polar surface area (TPSA) is 58.6 Å². The van der Waals surface area contributed by atoms with E-state index in [1.165, 1.54) is 22.3 Å². The van der Waals surface area contributed by atoms with Gasteiger partial charge < -0.3 is 22.7 Å². The number of aromatic nitrogens is 6. The molecule has 6 aromatic heterocycles. The monoisotopic (exact) mass is 1230 g/mol. The lowest BCUT2D eigenvalue weighted by atomic mass is 9.86. The van der Waals surface area contributed by atoms with Crippen LogP contribution in [0.15, 0.2) is 247 Å². The molecule has 0 saturated heterocycles. The van der Waals surface area contributed by atoms with Crippen molar-refractivity contribution in [3.8, 4) is 56.7 Å². The van der Waals surface area contributed by atoms with Gasteiger partial charge in [-0.05, 0) is 141 Å². The van der Waals surface area contributed by atoms with E-state index in [9.17, 15) is 0 Å². The fourth-order valence-electron chi connectivity index (χ4n) is 15.1. The van der Waals surface area contributed by atoms with Gasteiger partial charge in [0.05, 0.1) is 89.4 Å². The van der Waals surface area contributed by atoms with Crippen molar-refractivity contribution < 1.29 is 4.42 Å². The maximum Gasteiger partial charge on any atom is 0.231 e. The SMILES string of the molecule is CC(C)(C)c1ccc2c(c1)c1ccccc1n2-c1c(-c2cccc(-c3ccccc3)n2)c(-n2c3ccccc3c3cc(C(C)(C)C)ccc32)c(-n2c3ccccc3c3cc(C(C)(C)C)ccc32)c(-n2c3ccccc3c3cc(C(C)(C)C)ccc32)c1-c1nc2ccccc2o1. The Labute approximate surface area is 554 Å². The summed E-state index contributed by atoms with van der Waals surface area (Å²) in [6.07, 6.45) is 0. The standard InChI is InChI=1S/C88H76N6O/c1-85(2,3)54-41-45-73-62(49-54)58-29-16-21-36-69(58)91(73)80-78(68-35-26-34-66(89-68)53-27-14-13-15-28-53)81(92-70-37-22-17-30-59(70)63-50-55(86(4,5)6)42-46-74(63)92)83(94-72-39-24-19-32-61(72)65-52-57(88(10,11)12)44-48-76(65)94)82(79(80)84-90-67-33-20-25-40-77(67)95-84)93-71-38-23-18-31-60(71)64-51-56(87(7,8)9)43-47-75(64)93/h13-52H,1-12H3. The second kappa shape index (κ2) is 20.9. The number of oxazole rings is 1. The van der Waals surface area contributed by atoms with E-state index in [1.54, 1.807) is 0 Å². The van der Waals surface area contributed by atoms with Gasteiger partial charge in [-0.15, -0.1) is 0 Å². The molecule has 17 aromatic rings. The fourth-order valence-corrected chi connectivity index (χ4v) is 15.1. The van der Waals surface area contributed by atoms with Gasteiger partial charge in [0.1, 0.15) is 5.52 Å². The molecule has 0 fully saturated rings. The number of nitrogens with zero attached hydrogens (tertiary/aromatic N) is 6. The van der Waals surface area contributed by atoms with Crippen molar-refractivity contribution in [1.82, 2.24) is 28.2 Å². The van der Waals surface area contributed by atoms with Crippen LogP contribution in [-0.2, 0) is 21.7 Å². The first-order valence-electron chi connectivity index (χ1n) is 33.5. The van der Waals surface area contributed by atoms with Crippen molar-refractivity contribution in [2.75, 3.05) is 0 Å². The summed E-state index contributed by atoms with van der Waals surface area (Å²) in [5.41, 5.74) is 22.4. The smallest absolute Gasteiger partial charge is 0.231 e. The third-order valence-electron chi connectivity index (χ3n) is 20.0. The quantitative estimate of drug-likeness (QED) is 0.160. The Balaban J connectivity index is 1.25. The number of pyridine rings is 1. The van der Waals surface area contributed by atoms with Crippen LogP contribution < -0.4 is 0 Å². The summed E-state index contributed by atoms with van der Waals surface area (Å²) < 4.78 is 17.9. The number of benzene rings is 11. The van der Waals surface area contributed by atoms with Gasteiger partial charge in [-0.2, -0.15) is 0 Å². The minimum absolute atomic E-state index is 0.140. The highest BCUT2D eigenvalue weighted by molar-refractivity contribution is 6.18. The van der Waals surface area contributed by atoms with Crippen LogP contribution in [-0.4, -0.2) is 28.2 Å². The van der Waals surface area contributed by atoms with E-state index in [0.29, 0.717) is 11.5 Å². The van der Waals surface area contributed by atoms with Gasteiger partial charge in [-0.1, -0.05) is 229 Å². The van der Waals surface area contributed by atoms with Crippen molar-refractivity contribution in [2.45, 2.75) is 105 Å². The molecule has 0 radical (unpaired) electrons. The Hall–Kier alpha value is -10.8. The van der Waals surface area contributed by atoms with E-state index in [2.05, 4.69) is 344 Å². The molecule has 95 heavy (non-hydrogen) atoms. The summed E-state index contributed by atoms with van der Waals surface area (Å²) in [6.45, 7) is 27.8. The molecule has 0 atom stereocenters. The predicted octanol–water partition coefficient (Wildman–Crippen LogP) is 23.8. The van der Waals surface area contributed by atoms with Crippen LogP contribution in [0, 0.1) is 0 Å². The first-order valence-corrected chi connectivity index (χ1v) is 33.5. The van der Waals surface area contributed by atoms with Crippen LogP contribution in [0.25, 0.3) is 155 Å². The molecule has 0 aliphatic rings. The van der Waals surface area contributed by atoms with Crippen LogP contribution in [0.1, 0.15) is 105 Å². The summed E-state index contributed by atoms with van der Waals surface area (Å²) in [5.74, 6) is 0.478. The zero-order valence-electron chi connectivity index (χ0n) is 56.2. The maximum absolute atomic E-state index is 7.63. The van der Waals surface area contributed by atoms with E-state index in [1.807, 2.05) is 0 Å². The Morgan fingerprint density at radius 2 is 0.600 bits per heavy atom. The third-order valence-corrected chi connectivity index (χ3v) is 20.0. The molecule has 0 bridgehead atoms. The lowest BCUT2D eigenvalue weighted by molar-refractivity contribution is 0.591. The van der Waals surface area contributed by atoms with E-state index in [4.69, 9.17) is 14.4 Å². The fraction of sp³-hybridized carbons (Fsp3) is 0.182. The molecule has 0 amide bonds. The molecule has 7 heteroatoms. The Kier molecular flexibility index (Phi) is 12.8. The minimum Gasteiger partial charge on any atom is -0.436 e. The number of para-hydroxylation sites is 6. The Morgan fingerprint density at radius 3 is 1.01 bits per heavy atom. The molecular formula is C88H76N6O. The van der Waals surface area contributed by atoms with Crippen LogP contribution in [0.4, 0.5) is 0 Å². The van der Waals surface area contributed by atoms with E-state index in [-0.39, 0.29) is 21.7 Å². The maximum atomic E-state index is 7.63.